The molecule has 0 saturated carbocycles. The number of hydrogen-bond acceptors (Lipinski definition) is 13. The van der Waals surface area contributed by atoms with Crippen molar-refractivity contribution in [2.45, 2.75) is 319 Å². The Labute approximate surface area is 521 Å². The molecule has 0 radical (unpaired) electrons. The Hall–Kier alpha value is -3.35. The van der Waals surface area contributed by atoms with Gasteiger partial charge in [0, 0.05) is 6.42 Å². The van der Waals surface area contributed by atoms with Gasteiger partial charge in [-0.2, -0.15) is 0 Å². The summed E-state index contributed by atoms with van der Waals surface area (Å²) in [7, 11) is 0. The number of unbranched alkanes of at least 4 members (excludes halogenated alkanes) is 25. The summed E-state index contributed by atoms with van der Waals surface area (Å²) in [6.45, 7) is 2.64. The Morgan fingerprint density at radius 2 is 0.814 bits per heavy atom. The van der Waals surface area contributed by atoms with Crippen LogP contribution in [0.4, 0.5) is 0 Å². The third kappa shape index (κ3) is 39.6. The molecule has 14 nitrogen and oxygen atoms in total. The number of allylic oxidation sites excluding steroid dienone is 17. The molecule has 14 heteroatoms. The predicted octanol–water partition coefficient (Wildman–Crippen LogP) is 13.6. The molecule has 494 valence electrons. The quantitative estimate of drug-likeness (QED) is 0.0204. The van der Waals surface area contributed by atoms with Crippen molar-refractivity contribution in [2.24, 2.45) is 0 Å². The van der Waals surface area contributed by atoms with E-state index >= 15 is 0 Å². The summed E-state index contributed by atoms with van der Waals surface area (Å²) in [6, 6.07) is -0.972. The van der Waals surface area contributed by atoms with Gasteiger partial charge >= 0.3 is 0 Å². The second-order valence-electron chi connectivity index (χ2n) is 23.6. The number of carbonyl (C=O) groups is 1. The van der Waals surface area contributed by atoms with Crippen LogP contribution in [0.25, 0.3) is 0 Å². The molecule has 2 rings (SSSR count). The SMILES string of the molecule is CC/C=C\C/C=C\C/C=C\C/C=C\C/C=C\C/C=C\C/C=C\CCCC(=O)NC(COC1OC(CO)C(OC2OC(CO)C(O)C(O)C2O)C(O)C1O)C(O)/C=C/CC/C=C/CCCCCCCCCCCCCCCCCCCCCCCCC. The minimum atomic E-state index is -1.80. The number of ether oxygens (including phenoxy) is 4. The van der Waals surface area contributed by atoms with E-state index < -0.39 is 86.8 Å². The van der Waals surface area contributed by atoms with Crippen LogP contribution in [-0.2, 0) is 23.7 Å². The van der Waals surface area contributed by atoms with Gasteiger partial charge in [0.1, 0.15) is 48.8 Å². The summed E-state index contributed by atoms with van der Waals surface area (Å²) in [5.74, 6) is -0.309. The van der Waals surface area contributed by atoms with Crippen LogP contribution >= 0.6 is 0 Å². The molecule has 2 fully saturated rings. The highest BCUT2D eigenvalue weighted by molar-refractivity contribution is 5.76. The molecule has 2 aliphatic rings. The van der Waals surface area contributed by atoms with Crippen molar-refractivity contribution in [3.8, 4) is 0 Å². The van der Waals surface area contributed by atoms with E-state index in [1.165, 1.54) is 148 Å². The van der Waals surface area contributed by atoms with Crippen molar-refractivity contribution in [3.63, 3.8) is 0 Å². The van der Waals surface area contributed by atoms with Gasteiger partial charge in [0.15, 0.2) is 12.6 Å². The highest BCUT2D eigenvalue weighted by Gasteiger charge is 2.51. The summed E-state index contributed by atoms with van der Waals surface area (Å²) in [5, 5.41) is 87.3. The summed E-state index contributed by atoms with van der Waals surface area (Å²) in [5.41, 5.74) is 0. The van der Waals surface area contributed by atoms with Crippen LogP contribution in [0.2, 0.25) is 0 Å². The maximum atomic E-state index is 13.3. The highest BCUT2D eigenvalue weighted by Crippen LogP contribution is 2.30. The van der Waals surface area contributed by atoms with Crippen LogP contribution in [-0.4, -0.2) is 140 Å². The second-order valence-corrected chi connectivity index (χ2v) is 23.6. The van der Waals surface area contributed by atoms with E-state index in [4.69, 9.17) is 18.9 Å². The Bertz CT molecular complexity index is 1860. The van der Waals surface area contributed by atoms with Crippen LogP contribution < -0.4 is 5.32 Å². The number of carbonyl (C=O) groups excluding carboxylic acids is 1. The van der Waals surface area contributed by atoms with Gasteiger partial charge in [0.25, 0.3) is 0 Å². The first kappa shape index (κ1) is 78.7. The highest BCUT2D eigenvalue weighted by atomic mass is 16.7. The first-order chi connectivity index (χ1) is 42.1. The molecule has 0 aliphatic carbocycles. The number of rotatable bonds is 54. The molecule has 86 heavy (non-hydrogen) atoms. The smallest absolute Gasteiger partial charge is 0.220 e. The van der Waals surface area contributed by atoms with Gasteiger partial charge in [-0.3, -0.25) is 4.79 Å². The fourth-order valence-corrected chi connectivity index (χ4v) is 10.5. The monoisotopic (exact) mass is 1210 g/mol. The molecule has 0 spiro atoms. The first-order valence-corrected chi connectivity index (χ1v) is 34.1. The van der Waals surface area contributed by atoms with E-state index in [1.807, 2.05) is 12.2 Å². The zero-order valence-electron chi connectivity index (χ0n) is 53.5. The molecule has 0 aromatic rings. The average Bonchev–Trinajstić information content (AvgIpc) is 2.54. The summed E-state index contributed by atoms with van der Waals surface area (Å²) < 4.78 is 22.8. The number of nitrogens with one attached hydrogen (secondary N) is 1. The largest absolute Gasteiger partial charge is 0.394 e. The fourth-order valence-electron chi connectivity index (χ4n) is 10.5. The normalized spacial score (nSPS) is 24.1. The molecule has 2 aliphatic heterocycles. The van der Waals surface area contributed by atoms with E-state index in [-0.39, 0.29) is 18.9 Å². The molecule has 0 aromatic carbocycles. The third-order valence-corrected chi connectivity index (χ3v) is 15.9. The third-order valence-electron chi connectivity index (χ3n) is 15.9. The molecule has 2 heterocycles. The van der Waals surface area contributed by atoms with E-state index in [9.17, 15) is 45.6 Å². The van der Waals surface area contributed by atoms with Crippen LogP contribution in [0.5, 0.6) is 0 Å². The van der Waals surface area contributed by atoms with Crippen molar-refractivity contribution in [1.82, 2.24) is 5.32 Å². The standard InChI is InChI=1S/C72H123NO13/c1-3-5-7-9-11-13-15-17-19-21-23-25-27-28-29-30-31-32-34-35-37-39-41-43-45-47-49-51-53-55-61(76)60(59-83-71-69(82)67(80)70(63(58-75)85-71)86-72-68(81)66(79)65(78)62(57-74)84-72)73-64(77)56-54-52-50-48-46-44-42-40-38-36-33-26-24-22-20-18-16-14-12-10-8-6-4-2/h6,8,12,14,18,20,24,26,36,38,42,44-45,47-48,50,53,55,60-63,65-72,74-76,78-82H,3-5,7,9-11,13,15-17,19,21-23,25,27-35,37,39-41,43,46,49,51-52,54,56-59H2,1-2H3,(H,73,77)/b8-6-,14-12-,20-18-,26-24-,38-36-,44-42-,47-45+,50-48-,55-53+. The van der Waals surface area contributed by atoms with Gasteiger partial charge in [-0.05, 0) is 83.5 Å². The van der Waals surface area contributed by atoms with E-state index in [1.54, 1.807) is 6.08 Å². The maximum absolute atomic E-state index is 13.3. The maximum Gasteiger partial charge on any atom is 0.220 e. The molecule has 2 saturated heterocycles. The summed E-state index contributed by atoms with van der Waals surface area (Å²) in [4.78, 5) is 13.3. The van der Waals surface area contributed by atoms with Crippen molar-refractivity contribution in [1.29, 1.82) is 0 Å². The van der Waals surface area contributed by atoms with E-state index in [0.717, 1.165) is 57.8 Å². The lowest BCUT2D eigenvalue weighted by Crippen LogP contribution is -2.65. The van der Waals surface area contributed by atoms with Crippen molar-refractivity contribution in [3.05, 3.63) is 109 Å². The minimum absolute atomic E-state index is 0.187. The summed E-state index contributed by atoms with van der Waals surface area (Å²) >= 11 is 0. The number of amides is 1. The van der Waals surface area contributed by atoms with Gasteiger partial charge in [0.2, 0.25) is 5.91 Å². The lowest BCUT2D eigenvalue weighted by molar-refractivity contribution is -0.359. The predicted molar refractivity (Wildman–Crippen MR) is 350 cm³/mol. The second kappa shape index (κ2) is 55.7. The molecule has 9 N–H and O–H groups in total. The molecular weight excluding hydrogens is 1090 g/mol. The summed E-state index contributed by atoms with van der Waals surface area (Å²) in [6.07, 6.45) is 63.0. The lowest BCUT2D eigenvalue weighted by atomic mass is 9.97. The Balaban J connectivity index is 1.75. The first-order valence-electron chi connectivity index (χ1n) is 34.1. The Morgan fingerprint density at radius 3 is 1.28 bits per heavy atom. The van der Waals surface area contributed by atoms with Gasteiger partial charge in [-0.1, -0.05) is 264 Å². The van der Waals surface area contributed by atoms with Crippen molar-refractivity contribution in [2.75, 3.05) is 19.8 Å². The van der Waals surface area contributed by atoms with Crippen LogP contribution in [0.1, 0.15) is 245 Å². The minimum Gasteiger partial charge on any atom is -0.394 e. The molecule has 0 bridgehead atoms. The molecule has 12 unspecified atom stereocenters. The lowest BCUT2D eigenvalue weighted by Gasteiger charge is -2.46. The van der Waals surface area contributed by atoms with Crippen molar-refractivity contribution < 1.29 is 64.6 Å². The zero-order valence-corrected chi connectivity index (χ0v) is 53.5. The van der Waals surface area contributed by atoms with Crippen molar-refractivity contribution >= 4 is 5.91 Å². The molecule has 0 aromatic heterocycles. The van der Waals surface area contributed by atoms with Crippen LogP contribution in [0.15, 0.2) is 109 Å². The van der Waals surface area contributed by atoms with Gasteiger partial charge in [-0.25, -0.2) is 0 Å². The average molecular weight is 1210 g/mol. The van der Waals surface area contributed by atoms with Gasteiger partial charge < -0.3 is 65.1 Å². The van der Waals surface area contributed by atoms with E-state index in [2.05, 4.69) is 110 Å². The fraction of sp³-hybridized carbons (Fsp3) is 0.736. The van der Waals surface area contributed by atoms with Gasteiger partial charge in [-0.15, -0.1) is 0 Å². The number of hydrogen-bond donors (Lipinski definition) is 9. The Kier molecular flexibility index (Phi) is 51.0. The molecular formula is C72H123NO13. The van der Waals surface area contributed by atoms with Crippen LogP contribution in [0, 0.1) is 0 Å². The van der Waals surface area contributed by atoms with Gasteiger partial charge in [0.05, 0.1) is 32.0 Å². The topological polar surface area (TPSA) is 228 Å². The number of aliphatic hydroxyl groups excluding tert-OH is 8. The zero-order chi connectivity index (χ0) is 62.3. The van der Waals surface area contributed by atoms with Crippen LogP contribution in [0.3, 0.4) is 0 Å². The number of aliphatic hydroxyl groups is 8. The molecule has 1 amide bonds. The molecule has 12 atom stereocenters. The van der Waals surface area contributed by atoms with E-state index in [0.29, 0.717) is 19.3 Å². The Morgan fingerprint density at radius 1 is 0.430 bits per heavy atom.